The van der Waals surface area contributed by atoms with Gasteiger partial charge >= 0.3 is 0 Å². The van der Waals surface area contributed by atoms with Gasteiger partial charge in [-0.1, -0.05) is 18.2 Å². The van der Waals surface area contributed by atoms with Crippen molar-refractivity contribution in [1.82, 2.24) is 0 Å². The highest BCUT2D eigenvalue weighted by molar-refractivity contribution is 5.35. The fraction of sp³-hybridized carbons (Fsp3) is 0.571. The van der Waals surface area contributed by atoms with Crippen LogP contribution in [-0.2, 0) is 9.47 Å². The fourth-order valence-corrected chi connectivity index (χ4v) is 1.97. The van der Waals surface area contributed by atoms with Gasteiger partial charge in [0, 0.05) is 12.0 Å². The van der Waals surface area contributed by atoms with Crippen LogP contribution < -0.4 is 4.74 Å². The highest BCUT2D eigenvalue weighted by Crippen LogP contribution is 2.30. The second-order valence-corrected chi connectivity index (χ2v) is 4.63. The van der Waals surface area contributed by atoms with Crippen LogP contribution in [0, 0.1) is 0 Å². The van der Waals surface area contributed by atoms with Gasteiger partial charge in [-0.2, -0.15) is 0 Å². The maximum atomic E-state index is 10.2. The minimum Gasteiger partial charge on any atom is -0.491 e. The summed E-state index contributed by atoms with van der Waals surface area (Å²) in [6.07, 6.45) is -0.439. The molecule has 1 aromatic carbocycles. The first-order valence-electron chi connectivity index (χ1n) is 6.33. The number of benzene rings is 1. The van der Waals surface area contributed by atoms with Gasteiger partial charge < -0.3 is 19.3 Å². The maximum absolute atomic E-state index is 10.2. The van der Waals surface area contributed by atoms with Crippen molar-refractivity contribution in [1.29, 1.82) is 0 Å². The number of ether oxygens (including phenoxy) is 3. The molecule has 1 aliphatic rings. The maximum Gasteiger partial charge on any atom is 0.160 e. The van der Waals surface area contributed by atoms with E-state index >= 15 is 0 Å². The molecule has 0 aliphatic carbocycles. The van der Waals surface area contributed by atoms with Gasteiger partial charge in [0.25, 0.3) is 0 Å². The van der Waals surface area contributed by atoms with Crippen molar-refractivity contribution in [3.63, 3.8) is 0 Å². The summed E-state index contributed by atoms with van der Waals surface area (Å²) in [7, 11) is 0. The Kier molecular flexibility index (Phi) is 4.58. The Morgan fingerprint density at radius 1 is 1.28 bits per heavy atom. The molecule has 1 heterocycles. The molecule has 2 rings (SSSR count). The summed E-state index contributed by atoms with van der Waals surface area (Å²) < 4.78 is 16.4. The van der Waals surface area contributed by atoms with Gasteiger partial charge in [-0.3, -0.25) is 0 Å². The first kappa shape index (κ1) is 13.3. The van der Waals surface area contributed by atoms with Crippen LogP contribution >= 0.6 is 0 Å². The van der Waals surface area contributed by atoms with E-state index in [1.165, 1.54) is 0 Å². The van der Waals surface area contributed by atoms with Crippen LogP contribution in [0.5, 0.6) is 5.75 Å². The van der Waals surface area contributed by atoms with Crippen LogP contribution in [0.25, 0.3) is 0 Å². The fourth-order valence-electron chi connectivity index (χ4n) is 1.97. The van der Waals surface area contributed by atoms with Crippen LogP contribution in [-0.4, -0.2) is 30.7 Å². The molecule has 1 aromatic rings. The molecule has 0 aromatic heterocycles. The average Bonchev–Trinajstić information content (AvgIpc) is 2.81. The van der Waals surface area contributed by atoms with E-state index in [2.05, 4.69) is 0 Å². The standard InChI is InChI=1S/C14H20O4/c1-10(2)18-13-6-4-3-5-11(13)12(15)9-14-16-7-8-17-14/h3-6,10,12,14-15H,7-9H2,1-2H3. The quantitative estimate of drug-likeness (QED) is 0.873. The Bertz CT molecular complexity index is 372. The first-order valence-corrected chi connectivity index (χ1v) is 6.33. The monoisotopic (exact) mass is 252 g/mol. The third-order valence-corrected chi connectivity index (χ3v) is 2.75. The summed E-state index contributed by atoms with van der Waals surface area (Å²) in [5.74, 6) is 0.720. The molecule has 1 aliphatic heterocycles. The normalized spacial score (nSPS) is 18.2. The average molecular weight is 252 g/mol. The number of hydrogen-bond donors (Lipinski definition) is 1. The Morgan fingerprint density at radius 2 is 1.94 bits per heavy atom. The third kappa shape index (κ3) is 3.45. The highest BCUT2D eigenvalue weighted by atomic mass is 16.7. The summed E-state index contributed by atoms with van der Waals surface area (Å²) >= 11 is 0. The van der Waals surface area contributed by atoms with Gasteiger partial charge in [-0.15, -0.1) is 0 Å². The van der Waals surface area contributed by atoms with Gasteiger partial charge in [0.05, 0.1) is 25.4 Å². The minimum atomic E-state index is -0.636. The van der Waals surface area contributed by atoms with Crippen molar-refractivity contribution in [2.24, 2.45) is 0 Å². The molecular formula is C14H20O4. The van der Waals surface area contributed by atoms with Crippen LogP contribution in [0.1, 0.15) is 31.9 Å². The van der Waals surface area contributed by atoms with E-state index < -0.39 is 6.10 Å². The lowest BCUT2D eigenvalue weighted by molar-refractivity contribution is -0.0711. The summed E-state index contributed by atoms with van der Waals surface area (Å²) in [6.45, 7) is 5.13. The van der Waals surface area contributed by atoms with Crippen molar-refractivity contribution < 1.29 is 19.3 Å². The van der Waals surface area contributed by atoms with E-state index in [0.717, 1.165) is 11.3 Å². The zero-order valence-corrected chi connectivity index (χ0v) is 10.8. The molecule has 1 saturated heterocycles. The van der Waals surface area contributed by atoms with Crippen molar-refractivity contribution >= 4 is 0 Å². The summed E-state index contributed by atoms with van der Waals surface area (Å²) in [6, 6.07) is 7.53. The Morgan fingerprint density at radius 3 is 2.61 bits per heavy atom. The largest absolute Gasteiger partial charge is 0.491 e. The second kappa shape index (κ2) is 6.18. The number of aliphatic hydroxyl groups is 1. The zero-order chi connectivity index (χ0) is 13.0. The van der Waals surface area contributed by atoms with Crippen molar-refractivity contribution in [2.75, 3.05) is 13.2 Å². The van der Waals surface area contributed by atoms with Gasteiger partial charge in [0.1, 0.15) is 5.75 Å². The molecule has 0 radical (unpaired) electrons. The Hall–Kier alpha value is -1.10. The van der Waals surface area contributed by atoms with E-state index in [0.29, 0.717) is 19.6 Å². The topological polar surface area (TPSA) is 47.9 Å². The number of aliphatic hydroxyl groups excluding tert-OH is 1. The van der Waals surface area contributed by atoms with Crippen molar-refractivity contribution in [3.05, 3.63) is 29.8 Å². The van der Waals surface area contributed by atoms with Gasteiger partial charge in [-0.25, -0.2) is 0 Å². The van der Waals surface area contributed by atoms with Crippen molar-refractivity contribution in [3.8, 4) is 5.75 Å². The molecule has 1 unspecified atom stereocenters. The highest BCUT2D eigenvalue weighted by Gasteiger charge is 2.23. The molecule has 0 bridgehead atoms. The third-order valence-electron chi connectivity index (χ3n) is 2.75. The molecule has 0 saturated carbocycles. The molecule has 0 spiro atoms. The number of hydrogen-bond acceptors (Lipinski definition) is 4. The lowest BCUT2D eigenvalue weighted by Crippen LogP contribution is -2.15. The number of para-hydroxylation sites is 1. The van der Waals surface area contributed by atoms with E-state index in [-0.39, 0.29) is 12.4 Å². The summed E-state index contributed by atoms with van der Waals surface area (Å²) in [4.78, 5) is 0. The minimum absolute atomic E-state index is 0.0809. The Labute approximate surface area is 107 Å². The van der Waals surface area contributed by atoms with Gasteiger partial charge in [0.2, 0.25) is 0 Å². The molecular weight excluding hydrogens is 232 g/mol. The molecule has 1 N–H and O–H groups in total. The number of rotatable bonds is 5. The first-order chi connectivity index (χ1) is 8.66. The van der Waals surface area contributed by atoms with Gasteiger partial charge in [-0.05, 0) is 19.9 Å². The van der Waals surface area contributed by atoms with Crippen LogP contribution in [0.4, 0.5) is 0 Å². The second-order valence-electron chi connectivity index (χ2n) is 4.63. The molecule has 4 nitrogen and oxygen atoms in total. The predicted octanol–water partition coefficient (Wildman–Crippen LogP) is 2.27. The van der Waals surface area contributed by atoms with Crippen LogP contribution in [0.2, 0.25) is 0 Å². The van der Waals surface area contributed by atoms with E-state index in [4.69, 9.17) is 14.2 Å². The lowest BCUT2D eigenvalue weighted by atomic mass is 10.1. The molecule has 100 valence electrons. The van der Waals surface area contributed by atoms with E-state index in [9.17, 15) is 5.11 Å². The molecule has 4 heteroatoms. The van der Waals surface area contributed by atoms with Crippen molar-refractivity contribution in [2.45, 2.75) is 38.8 Å². The molecule has 18 heavy (non-hydrogen) atoms. The zero-order valence-electron chi connectivity index (χ0n) is 10.8. The molecule has 0 amide bonds. The van der Waals surface area contributed by atoms with E-state index in [1.807, 2.05) is 38.1 Å². The summed E-state index contributed by atoms with van der Waals surface area (Å²) in [5.41, 5.74) is 0.783. The predicted molar refractivity (Wildman–Crippen MR) is 67.5 cm³/mol. The van der Waals surface area contributed by atoms with Crippen LogP contribution in [0.3, 0.4) is 0 Å². The lowest BCUT2D eigenvalue weighted by Gasteiger charge is -2.19. The molecule has 1 atom stereocenters. The Balaban J connectivity index is 2.05. The van der Waals surface area contributed by atoms with Crippen LogP contribution in [0.15, 0.2) is 24.3 Å². The molecule has 1 fully saturated rings. The summed E-state index contributed by atoms with van der Waals surface area (Å²) in [5, 5.41) is 10.2. The SMILES string of the molecule is CC(C)Oc1ccccc1C(O)CC1OCCO1. The smallest absolute Gasteiger partial charge is 0.160 e. The van der Waals surface area contributed by atoms with Gasteiger partial charge in [0.15, 0.2) is 6.29 Å². The van der Waals surface area contributed by atoms with E-state index in [1.54, 1.807) is 0 Å².